The number of hydrogen-bond donors (Lipinski definition) is 5. The first-order valence-corrected chi connectivity index (χ1v) is 11.8. The molecule has 0 unspecified atom stereocenters. The highest BCUT2D eigenvalue weighted by Crippen LogP contribution is 2.30. The molecule has 0 bridgehead atoms. The van der Waals surface area contributed by atoms with E-state index in [9.17, 15) is 13.2 Å². The molecule has 1 amide bonds. The highest BCUT2D eigenvalue weighted by molar-refractivity contribution is 7.87. The molecule has 10 nitrogen and oxygen atoms in total. The first kappa shape index (κ1) is 22.1. The fourth-order valence-corrected chi connectivity index (χ4v) is 4.00. The highest BCUT2D eigenvalue weighted by Gasteiger charge is 2.30. The van der Waals surface area contributed by atoms with Gasteiger partial charge in [-0.2, -0.15) is 8.42 Å². The number of amides is 1. The summed E-state index contributed by atoms with van der Waals surface area (Å²) in [6.45, 7) is 1.91. The number of anilines is 2. The van der Waals surface area contributed by atoms with Crippen LogP contribution in [0.4, 0.5) is 11.6 Å². The van der Waals surface area contributed by atoms with Crippen molar-refractivity contribution in [3.8, 4) is 5.75 Å². The van der Waals surface area contributed by atoms with Gasteiger partial charge in [0, 0.05) is 37.3 Å². The van der Waals surface area contributed by atoms with Crippen LogP contribution in [-0.2, 0) is 14.9 Å². The first-order chi connectivity index (χ1) is 15.4. The molecule has 1 fully saturated rings. The van der Waals surface area contributed by atoms with E-state index in [1.165, 1.54) is 24.3 Å². The Morgan fingerprint density at radius 2 is 1.91 bits per heavy atom. The molecule has 0 aliphatic heterocycles. The van der Waals surface area contributed by atoms with Gasteiger partial charge >= 0.3 is 10.1 Å². The Kier molecular flexibility index (Phi) is 6.58. The zero-order valence-corrected chi connectivity index (χ0v) is 18.1. The third-order valence-corrected chi connectivity index (χ3v) is 6.17. The molecule has 1 saturated carbocycles. The van der Waals surface area contributed by atoms with E-state index >= 15 is 0 Å². The number of nitrogens with zero attached hydrogens (tertiary/aromatic N) is 1. The topological polar surface area (TPSA) is 145 Å². The lowest BCUT2D eigenvalue weighted by Crippen LogP contribution is -2.24. The van der Waals surface area contributed by atoms with Crippen molar-refractivity contribution < 1.29 is 22.5 Å². The van der Waals surface area contributed by atoms with E-state index in [4.69, 9.17) is 9.29 Å². The monoisotopic (exact) mass is 459 g/mol. The molecule has 170 valence electrons. The van der Waals surface area contributed by atoms with Crippen molar-refractivity contribution in [2.75, 3.05) is 36.9 Å². The van der Waals surface area contributed by atoms with Crippen LogP contribution in [0.5, 0.6) is 5.75 Å². The third kappa shape index (κ3) is 5.55. The fourth-order valence-electron chi connectivity index (χ4n) is 3.07. The van der Waals surface area contributed by atoms with Gasteiger partial charge in [0.1, 0.15) is 10.6 Å². The molecule has 1 heterocycles. The number of nitrogens with one attached hydrogen (secondary N) is 4. The Labute approximate surface area is 185 Å². The van der Waals surface area contributed by atoms with Gasteiger partial charge in [0.25, 0.3) is 0 Å². The van der Waals surface area contributed by atoms with Crippen molar-refractivity contribution in [2.24, 2.45) is 5.92 Å². The number of aliphatic hydroxyl groups excluding tert-OH is 1. The fraction of sp³-hybridized carbons (Fsp3) is 0.333. The largest absolute Gasteiger partial charge is 0.395 e. The minimum Gasteiger partial charge on any atom is -0.395 e. The van der Waals surface area contributed by atoms with Crippen molar-refractivity contribution >= 4 is 38.7 Å². The number of rotatable bonds is 11. The van der Waals surface area contributed by atoms with E-state index in [1.54, 1.807) is 18.2 Å². The lowest BCUT2D eigenvalue weighted by Gasteiger charge is -2.09. The molecule has 32 heavy (non-hydrogen) atoms. The number of aliphatic hydroxyl groups is 1. The summed E-state index contributed by atoms with van der Waals surface area (Å²) >= 11 is 0. The van der Waals surface area contributed by atoms with Crippen molar-refractivity contribution in [1.82, 2.24) is 15.3 Å². The number of benzene rings is 2. The standard InChI is InChI=1S/C21H25N5O5S/c27-12-11-22-9-10-23-15-3-6-17(7-4-15)32(29,30)31-16-5-8-18-19(13-16)25-21(24-18)26-20(28)14-1-2-14/h3-8,13-14,22-23,27H,1-2,9-12H2,(H2,24,25,26,28). The molecule has 1 aromatic heterocycles. The predicted octanol–water partition coefficient (Wildman–Crippen LogP) is 1.67. The van der Waals surface area contributed by atoms with Gasteiger partial charge in [0.05, 0.1) is 17.6 Å². The van der Waals surface area contributed by atoms with E-state index in [0.29, 0.717) is 36.6 Å². The maximum absolute atomic E-state index is 12.7. The smallest absolute Gasteiger partial charge is 0.339 e. The van der Waals surface area contributed by atoms with E-state index < -0.39 is 10.1 Å². The van der Waals surface area contributed by atoms with Gasteiger partial charge in [0.2, 0.25) is 11.9 Å². The number of aromatic amines is 1. The van der Waals surface area contributed by atoms with Crippen LogP contribution in [0.2, 0.25) is 0 Å². The quantitative estimate of drug-likeness (QED) is 0.215. The summed E-state index contributed by atoms with van der Waals surface area (Å²) in [4.78, 5) is 19.2. The van der Waals surface area contributed by atoms with Gasteiger partial charge in [-0.3, -0.25) is 10.1 Å². The zero-order valence-electron chi connectivity index (χ0n) is 17.3. The van der Waals surface area contributed by atoms with Gasteiger partial charge in [-0.05, 0) is 49.2 Å². The second kappa shape index (κ2) is 9.55. The maximum atomic E-state index is 12.7. The Morgan fingerprint density at radius 1 is 1.12 bits per heavy atom. The molecule has 4 rings (SSSR count). The summed E-state index contributed by atoms with van der Waals surface area (Å²) in [7, 11) is -4.02. The Bertz CT molecular complexity index is 1190. The molecule has 1 aliphatic rings. The van der Waals surface area contributed by atoms with Gasteiger partial charge in [-0.1, -0.05) is 0 Å². The van der Waals surface area contributed by atoms with Crippen molar-refractivity contribution in [3.05, 3.63) is 42.5 Å². The first-order valence-electron chi connectivity index (χ1n) is 10.4. The third-order valence-electron chi connectivity index (χ3n) is 4.91. The normalized spacial score (nSPS) is 13.8. The lowest BCUT2D eigenvalue weighted by atomic mass is 10.3. The van der Waals surface area contributed by atoms with Crippen LogP contribution < -0.4 is 20.1 Å². The molecule has 1 aliphatic carbocycles. The number of fused-ring (bicyclic) bond motifs is 1. The summed E-state index contributed by atoms with van der Waals surface area (Å²) in [6.07, 6.45) is 1.78. The second-order valence-corrected chi connectivity index (χ2v) is 9.04. The number of aromatic nitrogens is 2. The van der Waals surface area contributed by atoms with Crippen LogP contribution in [0.1, 0.15) is 12.8 Å². The Morgan fingerprint density at radius 3 is 2.62 bits per heavy atom. The molecule has 0 radical (unpaired) electrons. The number of carbonyl (C=O) groups excluding carboxylic acids is 1. The number of carbonyl (C=O) groups is 1. The maximum Gasteiger partial charge on any atom is 0.339 e. The molecule has 11 heteroatoms. The minimum atomic E-state index is -4.02. The molecule has 0 saturated heterocycles. The van der Waals surface area contributed by atoms with E-state index in [0.717, 1.165) is 18.5 Å². The SMILES string of the molecule is O=C(Nc1nc2cc(OS(=O)(=O)c3ccc(NCCNCCO)cc3)ccc2[nH]1)C1CC1. The lowest BCUT2D eigenvalue weighted by molar-refractivity contribution is -0.117. The molecule has 2 aromatic carbocycles. The van der Waals surface area contributed by atoms with E-state index in [1.807, 2.05) is 0 Å². The zero-order chi connectivity index (χ0) is 22.6. The Balaban J connectivity index is 1.39. The molecular formula is C21H25N5O5S. The van der Waals surface area contributed by atoms with Crippen LogP contribution in [0.15, 0.2) is 47.4 Å². The van der Waals surface area contributed by atoms with Crippen LogP contribution in [0.3, 0.4) is 0 Å². The summed E-state index contributed by atoms with van der Waals surface area (Å²) in [6, 6.07) is 10.9. The Hall–Kier alpha value is -3.15. The van der Waals surface area contributed by atoms with Gasteiger partial charge in [-0.25, -0.2) is 4.98 Å². The van der Waals surface area contributed by atoms with Crippen molar-refractivity contribution in [1.29, 1.82) is 0 Å². The second-order valence-electron chi connectivity index (χ2n) is 7.49. The summed E-state index contributed by atoms with van der Waals surface area (Å²) < 4.78 is 30.6. The number of H-pyrrole nitrogens is 1. The number of hydrogen-bond acceptors (Lipinski definition) is 8. The summed E-state index contributed by atoms with van der Waals surface area (Å²) in [5.41, 5.74) is 1.91. The molecule has 0 spiro atoms. The van der Waals surface area contributed by atoms with Gasteiger partial charge in [0.15, 0.2) is 0 Å². The molecular weight excluding hydrogens is 434 g/mol. The van der Waals surface area contributed by atoms with Crippen molar-refractivity contribution in [3.63, 3.8) is 0 Å². The molecule has 0 atom stereocenters. The minimum absolute atomic E-state index is 0.0287. The van der Waals surface area contributed by atoms with E-state index in [2.05, 4.69) is 25.9 Å². The summed E-state index contributed by atoms with van der Waals surface area (Å²) in [5, 5.41) is 17.7. The number of imidazole rings is 1. The van der Waals surface area contributed by atoms with Crippen molar-refractivity contribution in [2.45, 2.75) is 17.7 Å². The molecule has 3 aromatic rings. The summed E-state index contributed by atoms with van der Waals surface area (Å²) in [5.74, 6) is 0.437. The van der Waals surface area contributed by atoms with Crippen LogP contribution in [0.25, 0.3) is 11.0 Å². The van der Waals surface area contributed by atoms with E-state index in [-0.39, 0.29) is 29.1 Å². The van der Waals surface area contributed by atoms with Crippen LogP contribution >= 0.6 is 0 Å². The van der Waals surface area contributed by atoms with Crippen LogP contribution in [0, 0.1) is 5.92 Å². The average molecular weight is 460 g/mol. The van der Waals surface area contributed by atoms with Gasteiger partial charge in [-0.15, -0.1) is 0 Å². The predicted molar refractivity (Wildman–Crippen MR) is 120 cm³/mol. The average Bonchev–Trinajstić information content (AvgIpc) is 3.55. The van der Waals surface area contributed by atoms with Gasteiger partial charge < -0.3 is 24.9 Å². The highest BCUT2D eigenvalue weighted by atomic mass is 32.2. The van der Waals surface area contributed by atoms with Crippen LogP contribution in [-0.4, -0.2) is 55.6 Å². The molecule has 5 N–H and O–H groups in total.